The number of allylic oxidation sites excluding steroid dienone is 8. The predicted octanol–water partition coefficient (Wildman–Crippen LogP) is 5.01. The SMILES string of the molecule is [C-]#[N+]/C(C#N)=C(/C(C#N)=C/C=C/C(C#N)=C(\c1ccc(C(=O)O)cc1)C(C#N)C=N)c1ccc(C(=O)O)cc1. The van der Waals surface area contributed by atoms with Crippen LogP contribution in [0.1, 0.15) is 31.8 Å². The third-order valence-corrected chi connectivity index (χ3v) is 5.26. The van der Waals surface area contributed by atoms with Crippen LogP contribution in [0.4, 0.5) is 0 Å². The molecule has 3 N–H and O–H groups in total. The molecule has 0 saturated carbocycles. The molecule has 2 rings (SSSR count). The van der Waals surface area contributed by atoms with Crippen LogP contribution in [0.25, 0.3) is 16.0 Å². The molecule has 0 amide bonds. The first-order chi connectivity index (χ1) is 18.8. The molecule has 0 aromatic heterocycles. The summed E-state index contributed by atoms with van der Waals surface area (Å²) in [6, 6.07) is 18.1. The molecule has 0 heterocycles. The van der Waals surface area contributed by atoms with Gasteiger partial charge in [-0.15, -0.1) is 0 Å². The third-order valence-electron chi connectivity index (χ3n) is 5.26. The highest BCUT2D eigenvalue weighted by Crippen LogP contribution is 2.29. The molecular formula is C29H16N6O4. The van der Waals surface area contributed by atoms with Crippen LogP contribution in [0, 0.1) is 63.2 Å². The molecule has 0 aliphatic rings. The molecule has 39 heavy (non-hydrogen) atoms. The number of nitriles is 4. The van der Waals surface area contributed by atoms with Gasteiger partial charge in [-0.3, -0.25) is 0 Å². The third kappa shape index (κ3) is 6.78. The predicted molar refractivity (Wildman–Crippen MR) is 139 cm³/mol. The van der Waals surface area contributed by atoms with E-state index in [0.717, 1.165) is 6.21 Å². The van der Waals surface area contributed by atoms with E-state index in [0.29, 0.717) is 5.56 Å². The van der Waals surface area contributed by atoms with Crippen molar-refractivity contribution in [3.63, 3.8) is 0 Å². The van der Waals surface area contributed by atoms with Crippen molar-refractivity contribution >= 4 is 29.3 Å². The molecule has 2 aromatic carbocycles. The van der Waals surface area contributed by atoms with Crippen molar-refractivity contribution in [2.75, 3.05) is 0 Å². The summed E-state index contributed by atoms with van der Waals surface area (Å²) in [7, 11) is 0. The van der Waals surface area contributed by atoms with Gasteiger partial charge in [-0.1, -0.05) is 30.3 Å². The fraction of sp³-hybridized carbons (Fsp3) is 0.0345. The standard InChI is InChI=1S/C29H16N6O4/c1-35-25(17-34)27(19-7-11-21(12-8-19)29(38)39)23(14-31)4-2-3-22(13-30)26(24(15-32)16-33)18-5-9-20(10-6-18)28(36)37/h2-12,15,24,32H,(H,36,37)(H,38,39)/b3-2+,23-4+,26-22-,27-25+,32-15?. The lowest BCUT2D eigenvalue weighted by Gasteiger charge is -2.12. The van der Waals surface area contributed by atoms with Crippen LogP contribution in [0.3, 0.4) is 0 Å². The van der Waals surface area contributed by atoms with Gasteiger partial charge in [0, 0.05) is 11.8 Å². The molecule has 186 valence electrons. The van der Waals surface area contributed by atoms with Gasteiger partial charge in [-0.05, 0) is 53.1 Å². The van der Waals surface area contributed by atoms with E-state index in [1.807, 2.05) is 18.2 Å². The smallest absolute Gasteiger partial charge is 0.335 e. The molecule has 10 nitrogen and oxygen atoms in total. The van der Waals surface area contributed by atoms with E-state index < -0.39 is 23.6 Å². The molecule has 0 saturated heterocycles. The zero-order chi connectivity index (χ0) is 28.9. The van der Waals surface area contributed by atoms with E-state index >= 15 is 0 Å². The van der Waals surface area contributed by atoms with E-state index in [1.54, 1.807) is 6.07 Å². The van der Waals surface area contributed by atoms with Crippen molar-refractivity contribution in [3.8, 4) is 24.3 Å². The first-order valence-electron chi connectivity index (χ1n) is 10.8. The Morgan fingerprint density at radius 1 is 0.846 bits per heavy atom. The zero-order valence-electron chi connectivity index (χ0n) is 20.0. The molecule has 2 aromatic rings. The number of benzene rings is 2. The lowest BCUT2D eigenvalue weighted by Crippen LogP contribution is -2.05. The number of rotatable bonds is 9. The van der Waals surface area contributed by atoms with Crippen molar-refractivity contribution < 1.29 is 19.8 Å². The molecule has 0 aliphatic heterocycles. The molecule has 1 atom stereocenters. The molecule has 0 bridgehead atoms. The Bertz CT molecular complexity index is 1640. The number of nitrogens with zero attached hydrogens (tertiary/aromatic N) is 5. The van der Waals surface area contributed by atoms with Crippen LogP contribution in [0.5, 0.6) is 0 Å². The van der Waals surface area contributed by atoms with Crippen LogP contribution < -0.4 is 0 Å². The second-order valence-electron chi connectivity index (χ2n) is 7.48. The van der Waals surface area contributed by atoms with Gasteiger partial charge in [0.05, 0.1) is 53.1 Å². The molecular weight excluding hydrogens is 496 g/mol. The van der Waals surface area contributed by atoms with Crippen molar-refractivity contribution in [1.82, 2.24) is 0 Å². The maximum Gasteiger partial charge on any atom is 0.335 e. The second-order valence-corrected chi connectivity index (χ2v) is 7.48. The Balaban J connectivity index is 2.70. The first-order valence-corrected chi connectivity index (χ1v) is 10.8. The number of hydrogen-bond acceptors (Lipinski definition) is 7. The lowest BCUT2D eigenvalue weighted by molar-refractivity contribution is 0.0686. The van der Waals surface area contributed by atoms with Crippen molar-refractivity contribution in [2.24, 2.45) is 5.92 Å². The van der Waals surface area contributed by atoms with Crippen molar-refractivity contribution in [2.45, 2.75) is 0 Å². The minimum Gasteiger partial charge on any atom is -0.478 e. The van der Waals surface area contributed by atoms with Gasteiger partial charge < -0.3 is 15.6 Å². The monoisotopic (exact) mass is 512 g/mol. The summed E-state index contributed by atoms with van der Waals surface area (Å²) in [5.74, 6) is -3.49. The number of hydrogen-bond donors (Lipinski definition) is 3. The van der Waals surface area contributed by atoms with Crippen LogP contribution >= 0.6 is 0 Å². The summed E-state index contributed by atoms with van der Waals surface area (Å²) in [4.78, 5) is 25.5. The van der Waals surface area contributed by atoms with Crippen molar-refractivity contribution in [3.05, 3.63) is 117 Å². The summed E-state index contributed by atoms with van der Waals surface area (Å²) in [5.41, 5.74) is 0.0274. The highest BCUT2D eigenvalue weighted by molar-refractivity contribution is 5.92. The quantitative estimate of drug-likeness (QED) is 0.180. The summed E-state index contributed by atoms with van der Waals surface area (Å²) < 4.78 is 0. The topological polar surface area (TPSA) is 198 Å². The molecule has 0 aliphatic carbocycles. The molecule has 1 unspecified atom stereocenters. The Labute approximate surface area is 223 Å². The van der Waals surface area contributed by atoms with Crippen LogP contribution in [-0.2, 0) is 0 Å². The highest BCUT2D eigenvalue weighted by Gasteiger charge is 2.19. The summed E-state index contributed by atoms with van der Waals surface area (Å²) in [6.45, 7) is 7.33. The average Bonchev–Trinajstić information content (AvgIpc) is 2.95. The number of carbonyl (C=O) groups is 2. The zero-order valence-corrected chi connectivity index (χ0v) is 20.0. The van der Waals surface area contributed by atoms with Crippen molar-refractivity contribution in [1.29, 1.82) is 26.5 Å². The maximum absolute atomic E-state index is 11.2. The molecule has 10 heteroatoms. The van der Waals surface area contributed by atoms with E-state index in [9.17, 15) is 30.6 Å². The highest BCUT2D eigenvalue weighted by atomic mass is 16.4. The Kier molecular flexibility index (Phi) is 9.95. The minimum atomic E-state index is -1.18. The Morgan fingerprint density at radius 3 is 1.74 bits per heavy atom. The van der Waals surface area contributed by atoms with Crippen LogP contribution in [0.15, 0.2) is 83.6 Å². The van der Waals surface area contributed by atoms with Gasteiger partial charge in [0.2, 0.25) is 0 Å². The number of carboxylic acids is 2. The maximum atomic E-state index is 11.2. The molecule has 0 radical (unpaired) electrons. The summed E-state index contributed by atoms with van der Waals surface area (Å²) >= 11 is 0. The average molecular weight is 512 g/mol. The molecule has 0 fully saturated rings. The Morgan fingerprint density at radius 2 is 1.36 bits per heavy atom. The number of aromatic carboxylic acids is 2. The lowest BCUT2D eigenvalue weighted by atomic mass is 9.89. The Hall–Kier alpha value is -6.54. The molecule has 0 spiro atoms. The normalized spacial score (nSPS) is 12.7. The number of carboxylic acid groups (broad SMARTS) is 2. The summed E-state index contributed by atoms with van der Waals surface area (Å²) in [6.07, 6.45) is 4.66. The largest absolute Gasteiger partial charge is 0.478 e. The first kappa shape index (κ1) is 28.7. The van der Waals surface area contributed by atoms with Gasteiger partial charge in [0.1, 0.15) is 5.92 Å². The number of nitrogens with one attached hydrogen (secondary N) is 1. The van der Waals surface area contributed by atoms with Gasteiger partial charge in [0.15, 0.2) is 0 Å². The van der Waals surface area contributed by atoms with Gasteiger partial charge in [-0.25, -0.2) is 19.7 Å². The van der Waals surface area contributed by atoms with Gasteiger partial charge in [0.25, 0.3) is 5.70 Å². The van der Waals surface area contributed by atoms with E-state index in [-0.39, 0.29) is 39.0 Å². The fourth-order valence-corrected chi connectivity index (χ4v) is 3.42. The second kappa shape index (κ2) is 13.5. The van der Waals surface area contributed by atoms with Gasteiger partial charge >= 0.3 is 11.9 Å². The fourth-order valence-electron chi connectivity index (χ4n) is 3.42. The van der Waals surface area contributed by atoms with E-state index in [2.05, 4.69) is 4.85 Å². The van der Waals surface area contributed by atoms with E-state index in [1.165, 1.54) is 66.8 Å². The van der Waals surface area contributed by atoms with Crippen LogP contribution in [-0.4, -0.2) is 28.4 Å². The van der Waals surface area contributed by atoms with E-state index in [4.69, 9.17) is 22.2 Å². The summed E-state index contributed by atoms with van der Waals surface area (Å²) in [5, 5.41) is 64.5. The minimum absolute atomic E-state index is 0.0130. The van der Waals surface area contributed by atoms with Gasteiger partial charge in [-0.2, -0.15) is 15.8 Å². The van der Waals surface area contributed by atoms with Crippen LogP contribution in [0.2, 0.25) is 0 Å².